The molecule has 2 aromatic carbocycles. The Kier molecular flexibility index (Phi) is 9.99. The van der Waals surface area contributed by atoms with Crippen LogP contribution in [0.25, 0.3) is 9.88 Å². The van der Waals surface area contributed by atoms with Crippen LogP contribution in [0, 0.1) is 0 Å². The minimum absolute atomic E-state index is 0.164. The van der Waals surface area contributed by atoms with Gasteiger partial charge in [-0.05, 0) is 53.3 Å². The van der Waals surface area contributed by atoms with Crippen molar-refractivity contribution in [2.45, 2.75) is 18.9 Å². The number of carbonyl (C=O) groups excluding carboxylic acids is 1. The Morgan fingerprint density at radius 1 is 1.06 bits per heavy atom. The Hall–Kier alpha value is -2.80. The number of anilines is 1. The first-order valence-corrected chi connectivity index (χ1v) is 14.1. The number of thiophene rings is 1. The standard InChI is InChI=1S/C23H20ClN3O4S3.CH4O/c24-17-4-1-3-16(11-17)13-22(28)25-19(20-14-33-23(26-20)21-5-2-10-32-21)12-15-6-8-18(9-7-15)27-34(29,30)31;1-2/h1-11,14,19,27H,12-13H2,(H,25,28)(H,29,30,31);2H,1H3/t19-;/m0./s1. The Bertz CT molecular complexity index is 1370. The number of thiazole rings is 1. The Morgan fingerprint density at radius 3 is 2.44 bits per heavy atom. The third kappa shape index (κ3) is 8.40. The van der Waals surface area contributed by atoms with E-state index in [9.17, 15) is 13.2 Å². The zero-order valence-corrected chi connectivity index (χ0v) is 22.3. The molecule has 0 radical (unpaired) electrons. The molecule has 4 N–H and O–H groups in total. The van der Waals surface area contributed by atoms with E-state index in [1.807, 2.05) is 33.7 Å². The van der Waals surface area contributed by atoms with Crippen LogP contribution in [0.4, 0.5) is 5.69 Å². The van der Waals surface area contributed by atoms with Gasteiger partial charge < -0.3 is 10.4 Å². The fourth-order valence-electron chi connectivity index (χ4n) is 3.36. The van der Waals surface area contributed by atoms with E-state index in [0.717, 1.165) is 33.8 Å². The molecule has 0 aliphatic heterocycles. The number of hydrogen-bond donors (Lipinski definition) is 4. The Morgan fingerprint density at radius 2 is 1.81 bits per heavy atom. The SMILES string of the molecule is CO.O=C(Cc1cccc(Cl)c1)N[C@@H](Cc1ccc(NS(=O)(=O)O)cc1)c1csc(-c2cccs2)n1. The number of halogens is 1. The van der Waals surface area contributed by atoms with Gasteiger partial charge in [0, 0.05) is 17.5 Å². The van der Waals surface area contributed by atoms with Crippen LogP contribution in [0.15, 0.2) is 71.4 Å². The number of nitrogens with one attached hydrogen (secondary N) is 2. The van der Waals surface area contributed by atoms with Gasteiger partial charge in [0.15, 0.2) is 0 Å². The van der Waals surface area contributed by atoms with Crippen LogP contribution < -0.4 is 10.0 Å². The summed E-state index contributed by atoms with van der Waals surface area (Å²) in [7, 11) is -3.35. The minimum atomic E-state index is -4.35. The second-order valence-electron chi connectivity index (χ2n) is 7.46. The van der Waals surface area contributed by atoms with E-state index in [1.54, 1.807) is 53.8 Å². The number of benzene rings is 2. The van der Waals surface area contributed by atoms with E-state index in [-0.39, 0.29) is 18.0 Å². The molecule has 0 fully saturated rings. The van der Waals surface area contributed by atoms with E-state index in [0.29, 0.717) is 11.4 Å². The smallest absolute Gasteiger partial charge is 0.357 e. The predicted octanol–water partition coefficient (Wildman–Crippen LogP) is 4.99. The van der Waals surface area contributed by atoms with Gasteiger partial charge >= 0.3 is 10.3 Å². The van der Waals surface area contributed by atoms with Crippen LogP contribution in [0.3, 0.4) is 0 Å². The molecule has 4 aromatic rings. The Balaban J connectivity index is 0.00000176. The van der Waals surface area contributed by atoms with E-state index in [2.05, 4.69) is 5.32 Å². The largest absolute Gasteiger partial charge is 0.400 e. The number of amides is 1. The van der Waals surface area contributed by atoms with Gasteiger partial charge in [-0.15, -0.1) is 22.7 Å². The lowest BCUT2D eigenvalue weighted by atomic mass is 10.0. The maximum Gasteiger partial charge on any atom is 0.357 e. The summed E-state index contributed by atoms with van der Waals surface area (Å²) in [5.41, 5.74) is 2.65. The van der Waals surface area contributed by atoms with Gasteiger partial charge in [0.2, 0.25) is 5.91 Å². The average molecular weight is 566 g/mol. The molecule has 4 rings (SSSR count). The van der Waals surface area contributed by atoms with Crippen LogP contribution in [0.1, 0.15) is 22.9 Å². The highest BCUT2D eigenvalue weighted by Gasteiger charge is 2.20. The molecule has 0 unspecified atom stereocenters. The van der Waals surface area contributed by atoms with Gasteiger partial charge in [-0.1, -0.05) is 41.9 Å². The van der Waals surface area contributed by atoms with Crippen molar-refractivity contribution in [2.24, 2.45) is 0 Å². The van der Waals surface area contributed by atoms with Crippen LogP contribution >= 0.6 is 34.3 Å². The molecule has 0 aliphatic carbocycles. The van der Waals surface area contributed by atoms with Crippen LogP contribution in [0.5, 0.6) is 0 Å². The summed E-state index contributed by atoms with van der Waals surface area (Å²) >= 11 is 9.16. The number of aliphatic hydroxyl groups is 1. The average Bonchev–Trinajstić information content (AvgIpc) is 3.53. The number of aliphatic hydroxyl groups excluding tert-OH is 1. The van der Waals surface area contributed by atoms with Gasteiger partial charge in [0.1, 0.15) is 5.01 Å². The highest BCUT2D eigenvalue weighted by molar-refractivity contribution is 7.87. The van der Waals surface area contributed by atoms with E-state index in [4.69, 9.17) is 26.2 Å². The molecule has 2 aromatic heterocycles. The Labute approximate surface area is 222 Å². The molecule has 8 nitrogen and oxygen atoms in total. The lowest BCUT2D eigenvalue weighted by molar-refractivity contribution is -0.121. The van der Waals surface area contributed by atoms with Gasteiger partial charge in [-0.25, -0.2) is 4.98 Å². The van der Waals surface area contributed by atoms with Gasteiger partial charge in [-0.3, -0.25) is 14.1 Å². The number of hydrogen-bond acceptors (Lipinski definition) is 7. The van der Waals surface area contributed by atoms with Gasteiger partial charge in [0.05, 0.1) is 28.7 Å². The van der Waals surface area contributed by atoms with Gasteiger partial charge in [-0.2, -0.15) is 8.42 Å². The van der Waals surface area contributed by atoms with Crippen molar-refractivity contribution in [3.05, 3.63) is 93.3 Å². The normalized spacial score (nSPS) is 11.8. The molecule has 36 heavy (non-hydrogen) atoms. The molecule has 0 spiro atoms. The van der Waals surface area contributed by atoms with Crippen molar-refractivity contribution < 1.29 is 22.9 Å². The summed E-state index contributed by atoms with van der Waals surface area (Å²) in [6.07, 6.45) is 0.622. The zero-order chi connectivity index (χ0) is 26.1. The second-order valence-corrected chi connectivity index (χ2v) is 10.9. The molecule has 1 amide bonds. The zero-order valence-electron chi connectivity index (χ0n) is 19.1. The lowest BCUT2D eigenvalue weighted by Crippen LogP contribution is -2.31. The molecule has 1 atom stereocenters. The number of carbonyl (C=O) groups is 1. The summed E-state index contributed by atoms with van der Waals surface area (Å²) in [6, 6.07) is 17.3. The number of rotatable bonds is 9. The molecule has 12 heteroatoms. The molecule has 190 valence electrons. The molecule has 0 saturated carbocycles. The maximum atomic E-state index is 12.9. The number of aromatic nitrogens is 1. The van der Waals surface area contributed by atoms with Crippen molar-refractivity contribution in [1.82, 2.24) is 10.3 Å². The molecule has 0 bridgehead atoms. The van der Waals surface area contributed by atoms with E-state index < -0.39 is 16.3 Å². The topological polar surface area (TPSA) is 129 Å². The summed E-state index contributed by atoms with van der Waals surface area (Å²) in [5.74, 6) is -0.164. The van der Waals surface area contributed by atoms with Crippen molar-refractivity contribution in [2.75, 3.05) is 11.8 Å². The summed E-state index contributed by atoms with van der Waals surface area (Å²) in [5, 5.41) is 15.5. The number of nitrogens with zero attached hydrogens (tertiary/aromatic N) is 1. The quantitative estimate of drug-likeness (QED) is 0.212. The molecule has 2 heterocycles. The summed E-state index contributed by atoms with van der Waals surface area (Å²) < 4.78 is 33.0. The highest BCUT2D eigenvalue weighted by Crippen LogP contribution is 2.31. The fraction of sp³-hybridized carbons (Fsp3) is 0.167. The van der Waals surface area contributed by atoms with Gasteiger partial charge in [0.25, 0.3) is 0 Å². The molecule has 0 aliphatic rings. The second kappa shape index (κ2) is 12.9. The minimum Gasteiger partial charge on any atom is -0.400 e. The molecule has 0 saturated heterocycles. The van der Waals surface area contributed by atoms with Crippen LogP contribution in [-0.4, -0.2) is 36.1 Å². The first-order valence-electron chi connectivity index (χ1n) is 10.6. The van der Waals surface area contributed by atoms with Crippen molar-refractivity contribution in [3.63, 3.8) is 0 Å². The fourth-order valence-corrected chi connectivity index (χ4v) is 5.69. The van der Waals surface area contributed by atoms with Crippen molar-refractivity contribution in [1.29, 1.82) is 0 Å². The van der Waals surface area contributed by atoms with Crippen LogP contribution in [0.2, 0.25) is 5.02 Å². The van der Waals surface area contributed by atoms with E-state index in [1.165, 1.54) is 11.3 Å². The van der Waals surface area contributed by atoms with Crippen molar-refractivity contribution in [3.8, 4) is 9.88 Å². The first kappa shape index (κ1) is 27.8. The monoisotopic (exact) mass is 565 g/mol. The van der Waals surface area contributed by atoms with Crippen LogP contribution in [-0.2, 0) is 27.9 Å². The predicted molar refractivity (Wildman–Crippen MR) is 145 cm³/mol. The summed E-state index contributed by atoms with van der Waals surface area (Å²) in [4.78, 5) is 18.7. The highest BCUT2D eigenvalue weighted by atomic mass is 35.5. The molecular formula is C24H24ClN3O5S3. The molecular weight excluding hydrogens is 542 g/mol. The lowest BCUT2D eigenvalue weighted by Gasteiger charge is -2.18. The summed E-state index contributed by atoms with van der Waals surface area (Å²) in [6.45, 7) is 0. The first-order chi connectivity index (χ1) is 17.2. The maximum absolute atomic E-state index is 12.9. The van der Waals surface area contributed by atoms with E-state index >= 15 is 0 Å². The third-order valence-corrected chi connectivity index (χ3v) is 7.47. The third-order valence-electron chi connectivity index (χ3n) is 4.84. The van der Waals surface area contributed by atoms with Crippen molar-refractivity contribution >= 4 is 56.2 Å².